The molecule has 0 radical (unpaired) electrons. The molecular weight excluding hydrogens is 180 g/mol. The molecule has 0 unspecified atom stereocenters. The molecule has 2 aromatic rings. The molecule has 0 bridgehead atoms. The third-order valence-corrected chi connectivity index (χ3v) is 2.73. The van der Waals surface area contributed by atoms with E-state index in [9.17, 15) is 0 Å². The molecular formula is C10H10N2S. The summed E-state index contributed by atoms with van der Waals surface area (Å²) in [6, 6.07) is 6.13. The second-order valence-electron chi connectivity index (χ2n) is 2.85. The molecule has 0 saturated heterocycles. The Morgan fingerprint density at radius 3 is 2.85 bits per heavy atom. The second-order valence-corrected chi connectivity index (χ2v) is 3.65. The zero-order valence-electron chi connectivity index (χ0n) is 7.61. The standard InChI is InChI=1S/C10H10N2S/c1-7-4-3-5-8-9(7)10(13-2)12-6-11-8/h3-6H,1-2H3. The Morgan fingerprint density at radius 2 is 2.08 bits per heavy atom. The molecule has 13 heavy (non-hydrogen) atoms. The van der Waals surface area contributed by atoms with Crippen LogP contribution in [0.25, 0.3) is 10.9 Å². The van der Waals surface area contributed by atoms with E-state index in [1.807, 2.05) is 18.4 Å². The Hall–Kier alpha value is -1.09. The van der Waals surface area contributed by atoms with Crippen LogP contribution in [0.2, 0.25) is 0 Å². The van der Waals surface area contributed by atoms with Crippen molar-refractivity contribution in [1.82, 2.24) is 9.97 Å². The number of nitrogens with zero attached hydrogens (tertiary/aromatic N) is 2. The lowest BCUT2D eigenvalue weighted by molar-refractivity contribution is 1.10. The highest BCUT2D eigenvalue weighted by Gasteiger charge is 2.03. The Balaban J connectivity index is 2.87. The van der Waals surface area contributed by atoms with E-state index >= 15 is 0 Å². The van der Waals surface area contributed by atoms with Crippen LogP contribution in [0, 0.1) is 6.92 Å². The Kier molecular flexibility index (Phi) is 2.19. The molecule has 2 rings (SSSR count). The lowest BCUT2D eigenvalue weighted by atomic mass is 10.1. The van der Waals surface area contributed by atoms with Gasteiger partial charge < -0.3 is 0 Å². The summed E-state index contributed by atoms with van der Waals surface area (Å²) in [4.78, 5) is 8.46. The van der Waals surface area contributed by atoms with Crippen molar-refractivity contribution in [3.8, 4) is 0 Å². The summed E-state index contributed by atoms with van der Waals surface area (Å²) >= 11 is 1.66. The first-order valence-electron chi connectivity index (χ1n) is 4.07. The van der Waals surface area contributed by atoms with E-state index in [2.05, 4.69) is 23.0 Å². The third-order valence-electron chi connectivity index (χ3n) is 2.03. The van der Waals surface area contributed by atoms with E-state index < -0.39 is 0 Å². The molecule has 0 amide bonds. The zero-order valence-corrected chi connectivity index (χ0v) is 8.43. The van der Waals surface area contributed by atoms with Gasteiger partial charge in [-0.2, -0.15) is 0 Å². The SMILES string of the molecule is CSc1ncnc2cccc(C)c12. The Labute approximate surface area is 81.4 Å². The predicted molar refractivity (Wildman–Crippen MR) is 56.1 cm³/mol. The van der Waals surface area contributed by atoms with Gasteiger partial charge in [-0.25, -0.2) is 9.97 Å². The number of thioether (sulfide) groups is 1. The van der Waals surface area contributed by atoms with Crippen molar-refractivity contribution in [3.63, 3.8) is 0 Å². The van der Waals surface area contributed by atoms with Crippen LogP contribution in [0.3, 0.4) is 0 Å². The maximum Gasteiger partial charge on any atom is 0.117 e. The van der Waals surface area contributed by atoms with Crippen LogP contribution in [0.5, 0.6) is 0 Å². The largest absolute Gasteiger partial charge is 0.236 e. The Bertz CT molecular complexity index is 435. The fourth-order valence-corrected chi connectivity index (χ4v) is 2.02. The zero-order chi connectivity index (χ0) is 9.26. The first kappa shape index (κ1) is 8.51. The molecule has 3 heteroatoms. The van der Waals surface area contributed by atoms with Crippen LogP contribution < -0.4 is 0 Å². The first-order valence-corrected chi connectivity index (χ1v) is 5.29. The van der Waals surface area contributed by atoms with E-state index in [0.717, 1.165) is 10.5 Å². The first-order chi connectivity index (χ1) is 6.33. The molecule has 1 aromatic heterocycles. The molecule has 0 aliphatic rings. The number of aryl methyl sites for hydroxylation is 1. The third kappa shape index (κ3) is 1.40. The van der Waals surface area contributed by atoms with E-state index in [-0.39, 0.29) is 0 Å². The minimum atomic E-state index is 1.03. The van der Waals surface area contributed by atoms with Gasteiger partial charge in [0.25, 0.3) is 0 Å². The van der Waals surface area contributed by atoms with Gasteiger partial charge in [-0.15, -0.1) is 11.8 Å². The van der Waals surface area contributed by atoms with E-state index in [1.54, 1.807) is 18.1 Å². The van der Waals surface area contributed by atoms with Gasteiger partial charge in [-0.3, -0.25) is 0 Å². The van der Waals surface area contributed by atoms with Crippen molar-refractivity contribution in [2.24, 2.45) is 0 Å². The van der Waals surface area contributed by atoms with Gasteiger partial charge in [0.2, 0.25) is 0 Å². The number of fused-ring (bicyclic) bond motifs is 1. The maximum atomic E-state index is 4.24. The molecule has 0 aliphatic carbocycles. The van der Waals surface area contributed by atoms with Crippen LogP contribution in [-0.2, 0) is 0 Å². The quantitative estimate of drug-likeness (QED) is 0.510. The average molecular weight is 190 g/mol. The monoisotopic (exact) mass is 190 g/mol. The summed E-state index contributed by atoms with van der Waals surface area (Å²) in [5.74, 6) is 0. The minimum absolute atomic E-state index is 1.03. The summed E-state index contributed by atoms with van der Waals surface area (Å²) in [5, 5.41) is 2.24. The predicted octanol–water partition coefficient (Wildman–Crippen LogP) is 2.66. The molecule has 0 fully saturated rings. The van der Waals surface area contributed by atoms with Crippen molar-refractivity contribution < 1.29 is 0 Å². The van der Waals surface area contributed by atoms with E-state index in [4.69, 9.17) is 0 Å². The fraction of sp³-hybridized carbons (Fsp3) is 0.200. The van der Waals surface area contributed by atoms with Gasteiger partial charge in [-0.1, -0.05) is 12.1 Å². The van der Waals surface area contributed by atoms with E-state index in [1.165, 1.54) is 10.9 Å². The molecule has 0 N–H and O–H groups in total. The number of hydrogen-bond acceptors (Lipinski definition) is 3. The minimum Gasteiger partial charge on any atom is -0.236 e. The van der Waals surface area contributed by atoms with Gasteiger partial charge in [0.1, 0.15) is 11.4 Å². The summed E-state index contributed by atoms with van der Waals surface area (Å²) in [7, 11) is 0. The Morgan fingerprint density at radius 1 is 1.23 bits per heavy atom. The molecule has 66 valence electrons. The second kappa shape index (κ2) is 3.34. The maximum absolute atomic E-state index is 4.24. The number of rotatable bonds is 1. The van der Waals surface area contributed by atoms with Crippen molar-refractivity contribution in [3.05, 3.63) is 30.1 Å². The van der Waals surface area contributed by atoms with Gasteiger partial charge in [-0.05, 0) is 24.8 Å². The van der Waals surface area contributed by atoms with Crippen LogP contribution in [0.15, 0.2) is 29.6 Å². The molecule has 0 aliphatic heterocycles. The highest BCUT2D eigenvalue weighted by molar-refractivity contribution is 7.98. The molecule has 1 aromatic carbocycles. The number of hydrogen-bond donors (Lipinski definition) is 0. The summed E-state index contributed by atoms with van der Waals surface area (Å²) in [6.45, 7) is 2.09. The van der Waals surface area contributed by atoms with Crippen LogP contribution in [-0.4, -0.2) is 16.2 Å². The molecule has 2 nitrogen and oxygen atoms in total. The molecule has 1 heterocycles. The molecule has 0 atom stereocenters. The lowest BCUT2D eigenvalue weighted by Crippen LogP contribution is -1.88. The van der Waals surface area contributed by atoms with Gasteiger partial charge in [0, 0.05) is 5.39 Å². The fourth-order valence-electron chi connectivity index (χ4n) is 1.40. The van der Waals surface area contributed by atoms with Crippen molar-refractivity contribution in [1.29, 1.82) is 0 Å². The van der Waals surface area contributed by atoms with Crippen LogP contribution in [0.1, 0.15) is 5.56 Å². The highest BCUT2D eigenvalue weighted by Crippen LogP contribution is 2.24. The normalized spacial score (nSPS) is 10.6. The van der Waals surface area contributed by atoms with Crippen molar-refractivity contribution >= 4 is 22.7 Å². The lowest BCUT2D eigenvalue weighted by Gasteiger charge is -2.03. The molecule has 0 spiro atoms. The van der Waals surface area contributed by atoms with Crippen molar-refractivity contribution in [2.45, 2.75) is 11.9 Å². The van der Waals surface area contributed by atoms with Crippen LogP contribution >= 0.6 is 11.8 Å². The topological polar surface area (TPSA) is 25.8 Å². The van der Waals surface area contributed by atoms with E-state index in [0.29, 0.717) is 0 Å². The van der Waals surface area contributed by atoms with Crippen molar-refractivity contribution in [2.75, 3.05) is 6.26 Å². The average Bonchev–Trinajstić information content (AvgIpc) is 2.17. The highest BCUT2D eigenvalue weighted by atomic mass is 32.2. The smallest absolute Gasteiger partial charge is 0.117 e. The summed E-state index contributed by atoms with van der Waals surface area (Å²) in [5.41, 5.74) is 2.27. The number of benzene rings is 1. The summed E-state index contributed by atoms with van der Waals surface area (Å²) < 4.78 is 0. The number of aromatic nitrogens is 2. The molecule has 0 saturated carbocycles. The summed E-state index contributed by atoms with van der Waals surface area (Å²) in [6.07, 6.45) is 3.65. The van der Waals surface area contributed by atoms with Gasteiger partial charge >= 0.3 is 0 Å². The van der Waals surface area contributed by atoms with Gasteiger partial charge in [0.05, 0.1) is 5.52 Å². The van der Waals surface area contributed by atoms with Crippen LogP contribution in [0.4, 0.5) is 0 Å². The van der Waals surface area contributed by atoms with Gasteiger partial charge in [0.15, 0.2) is 0 Å².